The molecule has 5 nitrogen and oxygen atoms in total. The van der Waals surface area contributed by atoms with Crippen molar-refractivity contribution in [3.63, 3.8) is 0 Å². The third-order valence-electron chi connectivity index (χ3n) is 3.15. The highest BCUT2D eigenvalue weighted by molar-refractivity contribution is 5.84. The summed E-state index contributed by atoms with van der Waals surface area (Å²) >= 11 is 0. The summed E-state index contributed by atoms with van der Waals surface area (Å²) in [6.45, 7) is 9.14. The molecule has 0 aromatic rings. The van der Waals surface area contributed by atoms with E-state index in [2.05, 4.69) is 10.6 Å². The predicted octanol–water partition coefficient (Wildman–Crippen LogP) is 1.52. The highest BCUT2D eigenvalue weighted by Crippen LogP contribution is 2.13. The van der Waals surface area contributed by atoms with Gasteiger partial charge < -0.3 is 10.4 Å². The molecule has 106 valence electrons. The van der Waals surface area contributed by atoms with Crippen LogP contribution in [-0.4, -0.2) is 34.6 Å². The summed E-state index contributed by atoms with van der Waals surface area (Å²) in [6, 6.07) is -0.421. The van der Waals surface area contributed by atoms with Crippen LogP contribution in [0.1, 0.15) is 53.9 Å². The molecule has 0 radical (unpaired) electrons. The van der Waals surface area contributed by atoms with Gasteiger partial charge in [0.15, 0.2) is 0 Å². The van der Waals surface area contributed by atoms with Gasteiger partial charge in [-0.1, -0.05) is 20.3 Å². The molecule has 1 amide bonds. The summed E-state index contributed by atoms with van der Waals surface area (Å²) in [7, 11) is 0. The van der Waals surface area contributed by atoms with Gasteiger partial charge in [-0.2, -0.15) is 0 Å². The third-order valence-corrected chi connectivity index (χ3v) is 3.15. The monoisotopic (exact) mass is 258 g/mol. The van der Waals surface area contributed by atoms with E-state index in [0.29, 0.717) is 6.42 Å². The first-order chi connectivity index (χ1) is 8.26. The Morgan fingerprint density at radius 2 is 1.83 bits per heavy atom. The molecule has 3 unspecified atom stereocenters. The van der Waals surface area contributed by atoms with Gasteiger partial charge in [-0.05, 0) is 33.6 Å². The van der Waals surface area contributed by atoms with Crippen LogP contribution in [0.25, 0.3) is 0 Å². The molecule has 18 heavy (non-hydrogen) atoms. The van der Waals surface area contributed by atoms with Crippen molar-refractivity contribution in [2.45, 2.75) is 71.5 Å². The third kappa shape index (κ3) is 5.04. The fourth-order valence-electron chi connectivity index (χ4n) is 1.75. The van der Waals surface area contributed by atoms with Crippen LogP contribution in [-0.2, 0) is 9.59 Å². The van der Waals surface area contributed by atoms with Gasteiger partial charge in [0.2, 0.25) is 5.91 Å². The summed E-state index contributed by atoms with van der Waals surface area (Å²) in [5.41, 5.74) is -1.05. The molecule has 0 saturated heterocycles. The van der Waals surface area contributed by atoms with Crippen molar-refractivity contribution in [1.29, 1.82) is 0 Å². The summed E-state index contributed by atoms with van der Waals surface area (Å²) in [6.07, 6.45) is 2.09. The number of hydrogen-bond acceptors (Lipinski definition) is 3. The summed E-state index contributed by atoms with van der Waals surface area (Å²) in [5, 5.41) is 15.0. The van der Waals surface area contributed by atoms with Crippen LogP contribution < -0.4 is 10.6 Å². The van der Waals surface area contributed by atoms with E-state index in [4.69, 9.17) is 0 Å². The molecule has 3 N–H and O–H groups in total. The molecule has 3 atom stereocenters. The first kappa shape index (κ1) is 16.9. The number of amides is 1. The number of carboxylic acids is 1. The molecule has 0 aliphatic carbocycles. The minimum absolute atomic E-state index is 0.101. The van der Waals surface area contributed by atoms with Crippen LogP contribution in [0.2, 0.25) is 0 Å². The highest BCUT2D eigenvalue weighted by Gasteiger charge is 2.34. The molecule has 0 aliphatic rings. The molecule has 0 aromatic carbocycles. The Bertz CT molecular complexity index is 294. The molecule has 0 fully saturated rings. The maximum absolute atomic E-state index is 11.9. The van der Waals surface area contributed by atoms with Crippen LogP contribution in [0, 0.1) is 0 Å². The van der Waals surface area contributed by atoms with Crippen molar-refractivity contribution in [3.05, 3.63) is 0 Å². The van der Waals surface area contributed by atoms with E-state index in [0.717, 1.165) is 12.8 Å². The zero-order valence-corrected chi connectivity index (χ0v) is 12.0. The number of carboxylic acid groups (broad SMARTS) is 1. The van der Waals surface area contributed by atoms with Gasteiger partial charge in [0.25, 0.3) is 0 Å². The molecule has 0 heterocycles. The van der Waals surface area contributed by atoms with Crippen molar-refractivity contribution in [1.82, 2.24) is 10.6 Å². The topological polar surface area (TPSA) is 78.4 Å². The second-order valence-electron chi connectivity index (χ2n) is 5.07. The Morgan fingerprint density at radius 1 is 1.28 bits per heavy atom. The molecule has 0 rings (SSSR count). The molecule has 0 saturated carbocycles. The summed E-state index contributed by atoms with van der Waals surface area (Å²) < 4.78 is 0. The number of nitrogens with one attached hydrogen (secondary N) is 2. The second-order valence-corrected chi connectivity index (χ2v) is 5.07. The van der Waals surface area contributed by atoms with E-state index >= 15 is 0 Å². The number of hydrogen-bond donors (Lipinski definition) is 3. The molecule has 0 bridgehead atoms. The molecule has 5 heteroatoms. The van der Waals surface area contributed by atoms with E-state index in [1.807, 2.05) is 20.8 Å². The van der Waals surface area contributed by atoms with E-state index in [1.54, 1.807) is 13.8 Å². The predicted molar refractivity (Wildman–Crippen MR) is 71.4 cm³/mol. The lowest BCUT2D eigenvalue weighted by molar-refractivity contribution is -0.145. The van der Waals surface area contributed by atoms with Gasteiger partial charge in [0, 0.05) is 6.04 Å². The van der Waals surface area contributed by atoms with E-state index < -0.39 is 17.6 Å². The SMILES string of the molecule is CCCC(C)(NC(C)C(=O)NC(C)CC)C(=O)O. The van der Waals surface area contributed by atoms with E-state index in [1.165, 1.54) is 0 Å². The van der Waals surface area contributed by atoms with Crippen LogP contribution in [0.5, 0.6) is 0 Å². The Hall–Kier alpha value is -1.10. The summed E-state index contributed by atoms with van der Waals surface area (Å²) in [5.74, 6) is -1.08. The molecular weight excluding hydrogens is 232 g/mol. The largest absolute Gasteiger partial charge is 0.480 e. The maximum Gasteiger partial charge on any atom is 0.323 e. The van der Waals surface area contributed by atoms with Crippen molar-refractivity contribution in [2.75, 3.05) is 0 Å². The molecule has 0 spiro atoms. The van der Waals surface area contributed by atoms with Crippen LogP contribution >= 0.6 is 0 Å². The molecule has 0 aromatic heterocycles. The fourth-order valence-corrected chi connectivity index (χ4v) is 1.75. The average Bonchev–Trinajstić information content (AvgIpc) is 2.28. The smallest absolute Gasteiger partial charge is 0.323 e. The Morgan fingerprint density at radius 3 is 2.22 bits per heavy atom. The van der Waals surface area contributed by atoms with Crippen LogP contribution in [0.4, 0.5) is 0 Å². The number of carbonyl (C=O) groups excluding carboxylic acids is 1. The highest BCUT2D eigenvalue weighted by atomic mass is 16.4. The summed E-state index contributed by atoms with van der Waals surface area (Å²) in [4.78, 5) is 23.1. The van der Waals surface area contributed by atoms with Crippen molar-refractivity contribution >= 4 is 11.9 Å². The zero-order valence-electron chi connectivity index (χ0n) is 12.0. The van der Waals surface area contributed by atoms with E-state index in [-0.39, 0.29) is 11.9 Å². The first-order valence-electron chi connectivity index (χ1n) is 6.58. The molecule has 0 aliphatic heterocycles. The normalized spacial score (nSPS) is 17.6. The van der Waals surface area contributed by atoms with Crippen LogP contribution in [0.3, 0.4) is 0 Å². The van der Waals surface area contributed by atoms with Gasteiger partial charge in [0.1, 0.15) is 5.54 Å². The minimum atomic E-state index is -1.05. The van der Waals surface area contributed by atoms with Gasteiger partial charge in [-0.15, -0.1) is 0 Å². The lowest BCUT2D eigenvalue weighted by atomic mass is 9.95. The Balaban J connectivity index is 4.55. The van der Waals surface area contributed by atoms with Crippen LogP contribution in [0.15, 0.2) is 0 Å². The van der Waals surface area contributed by atoms with Gasteiger partial charge in [-0.3, -0.25) is 14.9 Å². The minimum Gasteiger partial charge on any atom is -0.480 e. The number of carbonyl (C=O) groups is 2. The van der Waals surface area contributed by atoms with Gasteiger partial charge in [0.05, 0.1) is 6.04 Å². The van der Waals surface area contributed by atoms with Crippen molar-refractivity contribution < 1.29 is 14.7 Å². The first-order valence-corrected chi connectivity index (χ1v) is 6.58. The van der Waals surface area contributed by atoms with E-state index in [9.17, 15) is 14.7 Å². The molecular formula is C13H26N2O3. The van der Waals surface area contributed by atoms with Crippen molar-refractivity contribution in [2.24, 2.45) is 0 Å². The van der Waals surface area contributed by atoms with Gasteiger partial charge >= 0.3 is 5.97 Å². The average molecular weight is 258 g/mol. The second kappa shape index (κ2) is 7.36. The maximum atomic E-state index is 11.9. The van der Waals surface area contributed by atoms with Gasteiger partial charge in [-0.25, -0.2) is 0 Å². The Labute approximate surface area is 109 Å². The zero-order chi connectivity index (χ0) is 14.3. The quantitative estimate of drug-likeness (QED) is 0.617. The fraction of sp³-hybridized carbons (Fsp3) is 0.846. The Kier molecular flexibility index (Phi) is 6.91. The van der Waals surface area contributed by atoms with Crippen molar-refractivity contribution in [3.8, 4) is 0 Å². The lowest BCUT2D eigenvalue weighted by Crippen LogP contribution is -2.57. The lowest BCUT2D eigenvalue weighted by Gasteiger charge is -2.29. The number of aliphatic carboxylic acids is 1. The standard InChI is InChI=1S/C13H26N2O3/c1-6-8-13(5,12(17)18)15-10(4)11(16)14-9(3)7-2/h9-10,15H,6-8H2,1-5H3,(H,14,16)(H,17,18). The number of rotatable bonds is 8.